The Bertz CT molecular complexity index is 877. The molecule has 0 aliphatic carbocycles. The molecule has 0 atom stereocenters. The molecule has 3 aromatic rings. The molecular formula is C20H25N7. The van der Waals surface area contributed by atoms with Gasteiger partial charge in [0.05, 0.1) is 24.1 Å². The van der Waals surface area contributed by atoms with Crippen molar-refractivity contribution in [1.29, 1.82) is 0 Å². The summed E-state index contributed by atoms with van der Waals surface area (Å²) in [6.07, 6.45) is 10.9. The summed E-state index contributed by atoms with van der Waals surface area (Å²) in [7, 11) is 0. The van der Waals surface area contributed by atoms with Gasteiger partial charge in [0, 0.05) is 38.6 Å². The summed E-state index contributed by atoms with van der Waals surface area (Å²) in [5.74, 6) is 1.94. The Morgan fingerprint density at radius 3 is 2.63 bits per heavy atom. The van der Waals surface area contributed by atoms with Crippen LogP contribution < -0.4 is 10.2 Å². The van der Waals surface area contributed by atoms with Gasteiger partial charge in [0.2, 0.25) is 0 Å². The summed E-state index contributed by atoms with van der Waals surface area (Å²) in [4.78, 5) is 11.7. The fourth-order valence-corrected chi connectivity index (χ4v) is 4.01. The lowest BCUT2D eigenvalue weighted by atomic mass is 10.2. The van der Waals surface area contributed by atoms with E-state index < -0.39 is 0 Å². The number of aromatic nitrogens is 5. The van der Waals surface area contributed by atoms with E-state index in [0.29, 0.717) is 0 Å². The molecule has 2 aliphatic heterocycles. The second-order valence-electron chi connectivity index (χ2n) is 7.32. The topological polar surface area (TPSA) is 63.8 Å². The van der Waals surface area contributed by atoms with Crippen LogP contribution in [0.3, 0.4) is 0 Å². The molecular weight excluding hydrogens is 338 g/mol. The molecule has 0 saturated carbocycles. The summed E-state index contributed by atoms with van der Waals surface area (Å²) >= 11 is 0. The van der Waals surface area contributed by atoms with Gasteiger partial charge in [-0.15, -0.1) is 0 Å². The minimum Gasteiger partial charge on any atom is -0.357 e. The first-order chi connectivity index (χ1) is 13.4. The van der Waals surface area contributed by atoms with Gasteiger partial charge in [0.1, 0.15) is 11.5 Å². The zero-order valence-corrected chi connectivity index (χ0v) is 15.5. The van der Waals surface area contributed by atoms with Gasteiger partial charge in [0.15, 0.2) is 5.82 Å². The summed E-state index contributed by atoms with van der Waals surface area (Å²) in [6.45, 7) is 4.94. The second kappa shape index (κ2) is 7.15. The van der Waals surface area contributed by atoms with Gasteiger partial charge in [-0.05, 0) is 31.0 Å². The number of imidazole rings is 1. The minimum absolute atomic E-state index is 0.861. The van der Waals surface area contributed by atoms with Gasteiger partial charge in [-0.25, -0.2) is 9.97 Å². The van der Waals surface area contributed by atoms with Crippen molar-refractivity contribution in [2.75, 3.05) is 24.5 Å². The van der Waals surface area contributed by atoms with E-state index in [1.807, 2.05) is 18.6 Å². The Balaban J connectivity index is 1.42. The highest BCUT2D eigenvalue weighted by molar-refractivity contribution is 5.55. The molecule has 5 heterocycles. The zero-order chi connectivity index (χ0) is 18.1. The van der Waals surface area contributed by atoms with Gasteiger partial charge in [-0.1, -0.05) is 12.8 Å². The van der Waals surface area contributed by atoms with Crippen molar-refractivity contribution in [2.45, 2.75) is 38.8 Å². The highest BCUT2D eigenvalue weighted by Crippen LogP contribution is 2.24. The average molecular weight is 363 g/mol. The minimum atomic E-state index is 0.861. The van der Waals surface area contributed by atoms with Crippen LogP contribution in [0.15, 0.2) is 36.8 Å². The van der Waals surface area contributed by atoms with Crippen molar-refractivity contribution in [1.82, 2.24) is 29.6 Å². The molecule has 1 fully saturated rings. The zero-order valence-electron chi connectivity index (χ0n) is 15.5. The molecule has 0 unspecified atom stereocenters. The third kappa shape index (κ3) is 3.23. The predicted molar refractivity (Wildman–Crippen MR) is 105 cm³/mol. The third-order valence-corrected chi connectivity index (χ3v) is 5.48. The number of hydrogen-bond donors (Lipinski definition) is 1. The molecule has 0 radical (unpaired) electrons. The normalized spacial score (nSPS) is 17.6. The van der Waals surface area contributed by atoms with Gasteiger partial charge in [-0.2, -0.15) is 5.10 Å². The number of hydrogen-bond acceptors (Lipinski definition) is 5. The Kier molecular flexibility index (Phi) is 4.37. The number of nitrogens with zero attached hydrogens (tertiary/aromatic N) is 6. The van der Waals surface area contributed by atoms with E-state index in [1.54, 1.807) is 0 Å². The molecule has 27 heavy (non-hydrogen) atoms. The summed E-state index contributed by atoms with van der Waals surface area (Å²) in [5.41, 5.74) is 3.14. The molecule has 3 aromatic heterocycles. The lowest BCUT2D eigenvalue weighted by molar-refractivity contribution is 0.476. The van der Waals surface area contributed by atoms with E-state index in [2.05, 4.69) is 42.6 Å². The SMILES string of the molecule is c1cn(-c2ccc(N3CCCCCC3)nc2)c(-c2cc3n(n2)CCNC3)n1. The lowest BCUT2D eigenvalue weighted by Crippen LogP contribution is -2.28. The molecule has 2 aliphatic rings. The first kappa shape index (κ1) is 16.5. The molecule has 0 aromatic carbocycles. The smallest absolute Gasteiger partial charge is 0.165 e. The highest BCUT2D eigenvalue weighted by Gasteiger charge is 2.17. The molecule has 5 rings (SSSR count). The highest BCUT2D eigenvalue weighted by atomic mass is 15.3. The molecule has 1 saturated heterocycles. The molecule has 140 valence electrons. The Labute approximate surface area is 159 Å². The molecule has 0 spiro atoms. The number of nitrogens with one attached hydrogen (secondary N) is 1. The average Bonchev–Trinajstić information content (AvgIpc) is 3.27. The number of fused-ring (bicyclic) bond motifs is 1. The first-order valence-corrected chi connectivity index (χ1v) is 9.91. The van der Waals surface area contributed by atoms with E-state index in [9.17, 15) is 0 Å². The van der Waals surface area contributed by atoms with Crippen LogP contribution in [0.2, 0.25) is 0 Å². The van der Waals surface area contributed by atoms with E-state index in [1.165, 1.54) is 31.4 Å². The predicted octanol–water partition coefficient (Wildman–Crippen LogP) is 2.61. The first-order valence-electron chi connectivity index (χ1n) is 9.91. The van der Waals surface area contributed by atoms with Crippen LogP contribution in [-0.4, -0.2) is 43.9 Å². The van der Waals surface area contributed by atoms with Crippen LogP contribution in [0.5, 0.6) is 0 Å². The number of anilines is 1. The van der Waals surface area contributed by atoms with E-state index in [0.717, 1.165) is 55.7 Å². The Morgan fingerprint density at radius 1 is 0.963 bits per heavy atom. The maximum Gasteiger partial charge on any atom is 0.165 e. The van der Waals surface area contributed by atoms with Gasteiger partial charge >= 0.3 is 0 Å². The van der Waals surface area contributed by atoms with Gasteiger partial charge in [0.25, 0.3) is 0 Å². The molecule has 0 amide bonds. The van der Waals surface area contributed by atoms with Crippen LogP contribution >= 0.6 is 0 Å². The Hall–Kier alpha value is -2.67. The van der Waals surface area contributed by atoms with Crippen LogP contribution in [0.4, 0.5) is 5.82 Å². The quantitative estimate of drug-likeness (QED) is 0.775. The lowest BCUT2D eigenvalue weighted by Gasteiger charge is -2.21. The van der Waals surface area contributed by atoms with E-state index in [4.69, 9.17) is 10.1 Å². The van der Waals surface area contributed by atoms with E-state index >= 15 is 0 Å². The monoisotopic (exact) mass is 363 g/mol. The largest absolute Gasteiger partial charge is 0.357 e. The number of rotatable bonds is 3. The Morgan fingerprint density at radius 2 is 1.85 bits per heavy atom. The van der Waals surface area contributed by atoms with Crippen LogP contribution in [-0.2, 0) is 13.1 Å². The van der Waals surface area contributed by atoms with Gasteiger partial charge < -0.3 is 10.2 Å². The fourth-order valence-electron chi connectivity index (χ4n) is 4.01. The molecule has 1 N–H and O–H groups in total. The van der Waals surface area contributed by atoms with Crippen molar-refractivity contribution < 1.29 is 0 Å². The summed E-state index contributed by atoms with van der Waals surface area (Å²) in [6, 6.07) is 6.40. The maximum atomic E-state index is 4.75. The van der Waals surface area contributed by atoms with Crippen molar-refractivity contribution >= 4 is 5.82 Å². The molecule has 0 bridgehead atoms. The standard InChI is InChI=1S/C20H25N7/c1-2-4-10-25(9-3-1)19-6-5-16(15-23-19)26-11-8-22-20(26)18-13-17-14-21-7-12-27(17)24-18/h5-6,8,11,13,15,21H,1-4,7,9-10,12,14H2. The van der Waals surface area contributed by atoms with Crippen molar-refractivity contribution in [3.8, 4) is 17.2 Å². The fraction of sp³-hybridized carbons (Fsp3) is 0.450. The second-order valence-corrected chi connectivity index (χ2v) is 7.32. The van der Waals surface area contributed by atoms with Crippen LogP contribution in [0, 0.1) is 0 Å². The summed E-state index contributed by atoms with van der Waals surface area (Å²) < 4.78 is 4.15. The van der Waals surface area contributed by atoms with E-state index in [-0.39, 0.29) is 0 Å². The molecule has 7 nitrogen and oxygen atoms in total. The van der Waals surface area contributed by atoms with Crippen molar-refractivity contribution in [2.24, 2.45) is 0 Å². The maximum absolute atomic E-state index is 4.75. The van der Waals surface area contributed by atoms with Crippen LogP contribution in [0.1, 0.15) is 31.4 Å². The van der Waals surface area contributed by atoms with Crippen molar-refractivity contribution in [3.05, 3.63) is 42.5 Å². The molecule has 7 heteroatoms. The van der Waals surface area contributed by atoms with Crippen LogP contribution in [0.25, 0.3) is 17.2 Å². The number of pyridine rings is 1. The third-order valence-electron chi connectivity index (χ3n) is 5.48. The summed E-state index contributed by atoms with van der Waals surface area (Å²) in [5, 5.41) is 8.13. The van der Waals surface area contributed by atoms with Gasteiger partial charge in [-0.3, -0.25) is 9.25 Å². The van der Waals surface area contributed by atoms with Crippen molar-refractivity contribution in [3.63, 3.8) is 0 Å².